The van der Waals surface area contributed by atoms with Crippen LogP contribution in [-0.4, -0.2) is 46.2 Å². The SMILES string of the molecule is CCCNc1cnc(CN2CC(C)OC(C)(C)C2)cn1. The molecule has 1 N–H and O–H groups in total. The topological polar surface area (TPSA) is 50.3 Å². The summed E-state index contributed by atoms with van der Waals surface area (Å²) in [6.45, 7) is 12.2. The smallest absolute Gasteiger partial charge is 0.144 e. The third kappa shape index (κ3) is 4.42. The number of morpholine rings is 1. The predicted molar refractivity (Wildman–Crippen MR) is 80.7 cm³/mol. The number of ether oxygens (including phenoxy) is 1. The fraction of sp³-hybridized carbons (Fsp3) is 0.733. The summed E-state index contributed by atoms with van der Waals surface area (Å²) in [5.41, 5.74) is 0.921. The van der Waals surface area contributed by atoms with Crippen molar-refractivity contribution in [2.45, 2.75) is 52.4 Å². The molecule has 0 spiro atoms. The number of anilines is 1. The first-order valence-electron chi connectivity index (χ1n) is 7.43. The van der Waals surface area contributed by atoms with Crippen molar-refractivity contribution in [1.29, 1.82) is 0 Å². The highest BCUT2D eigenvalue weighted by Gasteiger charge is 2.31. The van der Waals surface area contributed by atoms with Gasteiger partial charge in [-0.3, -0.25) is 9.88 Å². The Kier molecular flexibility index (Phi) is 4.94. The molecule has 2 rings (SSSR count). The van der Waals surface area contributed by atoms with Crippen LogP contribution in [0.3, 0.4) is 0 Å². The molecule has 0 radical (unpaired) electrons. The van der Waals surface area contributed by atoms with E-state index in [9.17, 15) is 0 Å². The van der Waals surface area contributed by atoms with Crippen LogP contribution >= 0.6 is 0 Å². The van der Waals surface area contributed by atoms with Gasteiger partial charge >= 0.3 is 0 Å². The van der Waals surface area contributed by atoms with Gasteiger partial charge in [-0.2, -0.15) is 0 Å². The number of aromatic nitrogens is 2. The number of rotatable bonds is 5. The van der Waals surface area contributed by atoms with E-state index in [0.717, 1.165) is 44.1 Å². The van der Waals surface area contributed by atoms with Crippen molar-refractivity contribution >= 4 is 5.82 Å². The Balaban J connectivity index is 1.92. The van der Waals surface area contributed by atoms with Crippen LogP contribution in [-0.2, 0) is 11.3 Å². The minimum atomic E-state index is -0.0896. The monoisotopic (exact) mass is 278 g/mol. The van der Waals surface area contributed by atoms with Gasteiger partial charge in [-0.25, -0.2) is 4.98 Å². The highest BCUT2D eigenvalue weighted by molar-refractivity contribution is 5.30. The molecule has 1 saturated heterocycles. The van der Waals surface area contributed by atoms with Crippen molar-refractivity contribution in [3.8, 4) is 0 Å². The first-order valence-corrected chi connectivity index (χ1v) is 7.43. The summed E-state index contributed by atoms with van der Waals surface area (Å²) < 4.78 is 5.92. The molecular formula is C15H26N4O. The second kappa shape index (κ2) is 6.50. The summed E-state index contributed by atoms with van der Waals surface area (Å²) in [5.74, 6) is 0.853. The second-order valence-corrected chi connectivity index (χ2v) is 6.18. The molecule has 112 valence electrons. The maximum absolute atomic E-state index is 5.92. The number of hydrogen-bond donors (Lipinski definition) is 1. The van der Waals surface area contributed by atoms with E-state index in [4.69, 9.17) is 4.74 Å². The molecule has 20 heavy (non-hydrogen) atoms. The third-order valence-corrected chi connectivity index (χ3v) is 3.29. The van der Waals surface area contributed by atoms with Crippen LogP contribution in [0, 0.1) is 0 Å². The van der Waals surface area contributed by atoms with Crippen molar-refractivity contribution in [3.63, 3.8) is 0 Å². The van der Waals surface area contributed by atoms with Crippen LogP contribution in [0.4, 0.5) is 5.82 Å². The largest absolute Gasteiger partial charge is 0.370 e. The standard InChI is InChI=1S/C15H26N4O/c1-5-6-16-14-8-17-13(7-18-14)10-19-9-12(2)20-15(3,4)11-19/h7-8,12H,5-6,9-11H2,1-4H3,(H,16,18). The molecule has 1 atom stereocenters. The summed E-state index contributed by atoms with van der Waals surface area (Å²) >= 11 is 0. The average Bonchev–Trinajstić information content (AvgIpc) is 2.35. The number of hydrogen-bond acceptors (Lipinski definition) is 5. The molecule has 1 aromatic heterocycles. The van der Waals surface area contributed by atoms with Gasteiger partial charge in [0.15, 0.2) is 0 Å². The first-order chi connectivity index (χ1) is 9.48. The van der Waals surface area contributed by atoms with Crippen molar-refractivity contribution in [2.75, 3.05) is 25.0 Å². The van der Waals surface area contributed by atoms with Gasteiger partial charge in [0.25, 0.3) is 0 Å². The molecule has 0 saturated carbocycles. The highest BCUT2D eigenvalue weighted by atomic mass is 16.5. The molecule has 5 nitrogen and oxygen atoms in total. The van der Waals surface area contributed by atoms with E-state index in [2.05, 4.69) is 47.9 Å². The molecule has 5 heteroatoms. The molecule has 0 aromatic carbocycles. The van der Waals surface area contributed by atoms with E-state index >= 15 is 0 Å². The van der Waals surface area contributed by atoms with E-state index in [1.54, 1.807) is 0 Å². The maximum Gasteiger partial charge on any atom is 0.144 e. The quantitative estimate of drug-likeness (QED) is 0.895. The van der Waals surface area contributed by atoms with Crippen LogP contribution in [0.25, 0.3) is 0 Å². The van der Waals surface area contributed by atoms with E-state index in [1.165, 1.54) is 0 Å². The lowest BCUT2D eigenvalue weighted by Crippen LogP contribution is -2.51. The van der Waals surface area contributed by atoms with Gasteiger partial charge in [0.05, 0.1) is 29.8 Å². The van der Waals surface area contributed by atoms with Crippen molar-refractivity contribution in [2.24, 2.45) is 0 Å². The van der Waals surface area contributed by atoms with E-state index < -0.39 is 0 Å². The van der Waals surface area contributed by atoms with Crippen molar-refractivity contribution in [3.05, 3.63) is 18.1 Å². The van der Waals surface area contributed by atoms with Crippen LogP contribution in [0.2, 0.25) is 0 Å². The fourth-order valence-electron chi connectivity index (χ4n) is 2.72. The van der Waals surface area contributed by atoms with Crippen LogP contribution in [0.15, 0.2) is 12.4 Å². The van der Waals surface area contributed by atoms with E-state index in [1.807, 2.05) is 12.4 Å². The zero-order valence-electron chi connectivity index (χ0n) is 13.0. The zero-order chi connectivity index (χ0) is 14.6. The van der Waals surface area contributed by atoms with Gasteiger partial charge in [-0.1, -0.05) is 6.92 Å². The summed E-state index contributed by atoms with van der Waals surface area (Å²) in [5, 5.41) is 3.24. The summed E-state index contributed by atoms with van der Waals surface area (Å²) in [7, 11) is 0. The van der Waals surface area contributed by atoms with Gasteiger partial charge in [0, 0.05) is 26.2 Å². The molecule has 1 aliphatic rings. The molecule has 1 aromatic rings. The Morgan fingerprint density at radius 3 is 2.80 bits per heavy atom. The van der Waals surface area contributed by atoms with E-state index in [0.29, 0.717) is 0 Å². The second-order valence-electron chi connectivity index (χ2n) is 6.18. The molecule has 0 amide bonds. The van der Waals surface area contributed by atoms with Gasteiger partial charge in [0.2, 0.25) is 0 Å². The van der Waals surface area contributed by atoms with Crippen LogP contribution in [0.1, 0.15) is 39.8 Å². The average molecular weight is 278 g/mol. The minimum Gasteiger partial charge on any atom is -0.370 e. The Hall–Kier alpha value is -1.20. The summed E-state index contributed by atoms with van der Waals surface area (Å²) in [6, 6.07) is 0. The molecule has 0 aliphatic carbocycles. The lowest BCUT2D eigenvalue weighted by molar-refractivity contribution is -0.131. The van der Waals surface area contributed by atoms with Crippen LogP contribution in [0.5, 0.6) is 0 Å². The molecule has 0 bridgehead atoms. The van der Waals surface area contributed by atoms with Gasteiger partial charge in [-0.15, -0.1) is 0 Å². The molecule has 2 heterocycles. The first kappa shape index (κ1) is 15.2. The van der Waals surface area contributed by atoms with Crippen molar-refractivity contribution in [1.82, 2.24) is 14.9 Å². The van der Waals surface area contributed by atoms with Gasteiger partial charge in [0.1, 0.15) is 5.82 Å². The molecule has 1 fully saturated rings. The number of nitrogens with zero attached hydrogens (tertiary/aromatic N) is 3. The fourth-order valence-corrected chi connectivity index (χ4v) is 2.72. The van der Waals surface area contributed by atoms with Crippen molar-refractivity contribution < 1.29 is 4.74 Å². The van der Waals surface area contributed by atoms with Gasteiger partial charge < -0.3 is 10.1 Å². The minimum absolute atomic E-state index is 0.0896. The Morgan fingerprint density at radius 1 is 1.40 bits per heavy atom. The van der Waals surface area contributed by atoms with Crippen LogP contribution < -0.4 is 5.32 Å². The third-order valence-electron chi connectivity index (χ3n) is 3.29. The molecule has 1 aliphatic heterocycles. The predicted octanol–water partition coefficient (Wildman–Crippen LogP) is 2.30. The van der Waals surface area contributed by atoms with E-state index in [-0.39, 0.29) is 11.7 Å². The highest BCUT2D eigenvalue weighted by Crippen LogP contribution is 2.21. The van der Waals surface area contributed by atoms with Gasteiger partial charge in [-0.05, 0) is 27.2 Å². The lowest BCUT2D eigenvalue weighted by Gasteiger charge is -2.41. The normalized spacial score (nSPS) is 22.7. The lowest BCUT2D eigenvalue weighted by atomic mass is 10.1. The summed E-state index contributed by atoms with van der Waals surface area (Å²) in [4.78, 5) is 11.3. The number of nitrogens with one attached hydrogen (secondary N) is 1. The Bertz CT molecular complexity index is 418. The zero-order valence-corrected chi connectivity index (χ0v) is 13.0. The molecular weight excluding hydrogens is 252 g/mol. The Labute approximate surface area is 121 Å². The maximum atomic E-state index is 5.92. The molecule has 1 unspecified atom stereocenters. The Morgan fingerprint density at radius 2 is 2.20 bits per heavy atom. The summed E-state index contributed by atoms with van der Waals surface area (Å²) in [6.07, 6.45) is 5.03.